The van der Waals surface area contributed by atoms with E-state index in [0.717, 1.165) is 31.9 Å². The van der Waals surface area contributed by atoms with E-state index >= 15 is 0 Å². The Morgan fingerprint density at radius 3 is 2.53 bits per heavy atom. The molecule has 9 nitrogen and oxygen atoms in total. The number of benzene rings is 3. The van der Waals surface area contributed by atoms with Gasteiger partial charge in [-0.05, 0) is 60.7 Å². The molecule has 0 saturated heterocycles. The van der Waals surface area contributed by atoms with E-state index in [0.29, 0.717) is 35.3 Å². The van der Waals surface area contributed by atoms with Crippen LogP contribution < -0.4 is 14.2 Å². The SMILES string of the molecule is CCC(/C=C1\Oc2ccc(Cl)cc2N1CCCS(=O)(=O)[O-])=C\c1sc2ccc(-c3ccccc3)cc2[n+]1CCC(C)S(=O)(=O)O. The molecule has 5 rings (SSSR count). The Kier molecular flexibility index (Phi) is 10.0. The van der Waals surface area contributed by atoms with Crippen LogP contribution in [0.2, 0.25) is 5.02 Å². The third kappa shape index (κ3) is 8.13. The molecule has 0 aliphatic carbocycles. The predicted octanol–water partition coefficient (Wildman–Crippen LogP) is 6.64. The van der Waals surface area contributed by atoms with Crippen LogP contribution in [0.5, 0.6) is 5.75 Å². The molecule has 4 aromatic rings. The summed E-state index contributed by atoms with van der Waals surface area (Å²) < 4.78 is 76.3. The van der Waals surface area contributed by atoms with Gasteiger partial charge in [-0.25, -0.2) is 8.42 Å². The fourth-order valence-corrected chi connectivity index (χ4v) is 7.28. The van der Waals surface area contributed by atoms with Crippen molar-refractivity contribution in [1.82, 2.24) is 0 Å². The Labute approximate surface area is 272 Å². The molecule has 13 heteroatoms. The lowest BCUT2D eigenvalue weighted by Crippen LogP contribution is -2.37. The molecule has 1 atom stereocenters. The Morgan fingerprint density at radius 2 is 1.84 bits per heavy atom. The van der Waals surface area contributed by atoms with Gasteiger partial charge in [0.25, 0.3) is 15.1 Å². The largest absolute Gasteiger partial charge is 0.748 e. The highest BCUT2D eigenvalue weighted by atomic mass is 35.5. The first-order valence-electron chi connectivity index (χ1n) is 14.4. The standard InChI is InChI=1S/C32H33ClN2O7S3/c1-3-23(18-31-34(15-7-17-44(36,37)38)27-21-26(33)11-12-29(27)42-31)19-32-35(16-14-22(2)45(39,40)41)28-20-25(10-13-30(28)43-32)24-8-5-4-6-9-24/h4-6,8-13,18-22H,3,7,14-17H2,1-2H3,(H-,36,37,38,39,40,41). The minimum absolute atomic E-state index is 0.107. The van der Waals surface area contributed by atoms with Gasteiger partial charge >= 0.3 is 0 Å². The van der Waals surface area contributed by atoms with Crippen molar-refractivity contribution in [3.05, 3.63) is 94.3 Å². The molecular formula is C32H33ClN2O7S3. The summed E-state index contributed by atoms with van der Waals surface area (Å²) in [6.45, 7) is 4.08. The fraction of sp³-hybridized carbons (Fsp3) is 0.281. The Hall–Kier alpha value is -3.26. The van der Waals surface area contributed by atoms with E-state index in [1.807, 2.05) is 54.3 Å². The van der Waals surface area contributed by atoms with Crippen molar-refractivity contribution in [3.63, 3.8) is 0 Å². The Bertz CT molecular complexity index is 1990. The van der Waals surface area contributed by atoms with Gasteiger partial charge in [-0.15, -0.1) is 0 Å². The lowest BCUT2D eigenvalue weighted by Gasteiger charge is -2.19. The van der Waals surface area contributed by atoms with Gasteiger partial charge < -0.3 is 14.2 Å². The molecule has 2 heterocycles. The van der Waals surface area contributed by atoms with Crippen LogP contribution in [0.3, 0.4) is 0 Å². The molecule has 3 aromatic carbocycles. The molecule has 45 heavy (non-hydrogen) atoms. The van der Waals surface area contributed by atoms with Gasteiger partial charge in [0.05, 0.1) is 21.1 Å². The number of allylic oxidation sites excluding steroid dienone is 2. The molecule has 1 aliphatic rings. The summed E-state index contributed by atoms with van der Waals surface area (Å²) in [5.41, 5.74) is 4.60. The fourth-order valence-electron chi connectivity index (χ4n) is 5.08. The molecular weight excluding hydrogens is 656 g/mol. The third-order valence-corrected chi connectivity index (χ3v) is 11.0. The van der Waals surface area contributed by atoms with E-state index in [4.69, 9.17) is 16.3 Å². The topological polar surface area (TPSA) is 128 Å². The summed E-state index contributed by atoms with van der Waals surface area (Å²) in [6, 6.07) is 21.4. The summed E-state index contributed by atoms with van der Waals surface area (Å²) in [7, 11) is -8.57. The van der Waals surface area contributed by atoms with Crippen LogP contribution in [-0.2, 0) is 26.8 Å². The first-order valence-corrected chi connectivity index (χ1v) is 18.7. The van der Waals surface area contributed by atoms with E-state index in [1.165, 1.54) is 6.92 Å². The van der Waals surface area contributed by atoms with Crippen molar-refractivity contribution >= 4 is 65.2 Å². The number of anilines is 1. The van der Waals surface area contributed by atoms with E-state index < -0.39 is 31.2 Å². The molecule has 0 fully saturated rings. The number of aryl methyl sites for hydroxylation is 1. The molecule has 1 N–H and O–H groups in total. The van der Waals surface area contributed by atoms with Crippen molar-refractivity contribution < 1.29 is 35.2 Å². The molecule has 0 saturated carbocycles. The second kappa shape index (κ2) is 13.6. The highest BCUT2D eigenvalue weighted by Crippen LogP contribution is 2.41. The number of fused-ring (bicyclic) bond motifs is 2. The number of thiazole rings is 1. The van der Waals surface area contributed by atoms with Crippen LogP contribution >= 0.6 is 22.9 Å². The number of rotatable bonds is 12. The van der Waals surface area contributed by atoms with Gasteiger partial charge in [0.2, 0.25) is 11.4 Å². The van der Waals surface area contributed by atoms with Gasteiger partial charge in [-0.3, -0.25) is 4.55 Å². The minimum Gasteiger partial charge on any atom is -0.748 e. The second-order valence-electron chi connectivity index (χ2n) is 10.8. The highest BCUT2D eigenvalue weighted by molar-refractivity contribution is 7.86. The van der Waals surface area contributed by atoms with Crippen LogP contribution in [0.1, 0.15) is 38.1 Å². The van der Waals surface area contributed by atoms with E-state index in [9.17, 15) is 25.9 Å². The molecule has 0 amide bonds. The molecule has 1 aliphatic heterocycles. The maximum absolute atomic E-state index is 11.8. The lowest BCUT2D eigenvalue weighted by molar-refractivity contribution is -0.669. The molecule has 0 radical (unpaired) electrons. The summed E-state index contributed by atoms with van der Waals surface area (Å²) in [5, 5.41) is 0.436. The van der Waals surface area contributed by atoms with Crippen LogP contribution in [0.4, 0.5) is 5.69 Å². The number of halogens is 1. The Balaban J connectivity index is 1.55. The average Bonchev–Trinajstić information content (AvgIpc) is 3.50. The zero-order valence-electron chi connectivity index (χ0n) is 24.7. The maximum Gasteiger partial charge on any atom is 0.267 e. The van der Waals surface area contributed by atoms with Crippen LogP contribution in [0.15, 0.2) is 84.3 Å². The van der Waals surface area contributed by atoms with Gasteiger partial charge in [0, 0.05) is 42.0 Å². The summed E-state index contributed by atoms with van der Waals surface area (Å²) >= 11 is 7.82. The number of hydrogen-bond donors (Lipinski definition) is 1. The zero-order chi connectivity index (χ0) is 32.4. The Morgan fingerprint density at radius 1 is 1.09 bits per heavy atom. The molecule has 1 aromatic heterocycles. The number of hydrogen-bond acceptors (Lipinski definition) is 8. The van der Waals surface area contributed by atoms with Crippen molar-refractivity contribution in [2.45, 2.75) is 44.9 Å². The third-order valence-electron chi connectivity index (χ3n) is 7.60. The van der Waals surface area contributed by atoms with Crippen LogP contribution in [-0.4, -0.2) is 43.5 Å². The lowest BCUT2D eigenvalue weighted by atomic mass is 10.1. The molecule has 238 valence electrons. The first kappa shape index (κ1) is 33.1. The minimum atomic E-state index is -4.38. The van der Waals surface area contributed by atoms with E-state index in [-0.39, 0.29) is 19.4 Å². The summed E-state index contributed by atoms with van der Waals surface area (Å²) in [5.74, 6) is 0.538. The number of aromatic nitrogens is 1. The van der Waals surface area contributed by atoms with Crippen molar-refractivity contribution in [2.24, 2.45) is 0 Å². The molecule has 0 bridgehead atoms. The second-order valence-corrected chi connectivity index (χ2v) is 15.6. The van der Waals surface area contributed by atoms with Crippen molar-refractivity contribution in [3.8, 4) is 16.9 Å². The van der Waals surface area contributed by atoms with Crippen LogP contribution in [0, 0.1) is 0 Å². The van der Waals surface area contributed by atoms with Gasteiger partial charge in [-0.1, -0.05) is 66.3 Å². The quantitative estimate of drug-likeness (QED) is 0.130. The average molecular weight is 689 g/mol. The smallest absolute Gasteiger partial charge is 0.267 e. The number of nitrogens with zero attached hydrogens (tertiary/aromatic N) is 2. The van der Waals surface area contributed by atoms with Gasteiger partial charge in [0.15, 0.2) is 12.3 Å². The van der Waals surface area contributed by atoms with E-state index in [2.05, 4.69) is 22.8 Å². The normalized spacial score (nSPS) is 15.4. The number of ether oxygens (including phenoxy) is 1. The molecule has 0 spiro atoms. The summed E-state index contributed by atoms with van der Waals surface area (Å²) in [6.07, 6.45) is 4.85. The van der Waals surface area contributed by atoms with Gasteiger partial charge in [-0.2, -0.15) is 13.0 Å². The van der Waals surface area contributed by atoms with E-state index in [1.54, 1.807) is 29.5 Å². The highest BCUT2D eigenvalue weighted by Gasteiger charge is 2.28. The van der Waals surface area contributed by atoms with Gasteiger partial charge in [0.1, 0.15) is 4.70 Å². The first-order chi connectivity index (χ1) is 21.3. The maximum atomic E-state index is 11.8. The zero-order valence-corrected chi connectivity index (χ0v) is 27.9. The van der Waals surface area contributed by atoms with Crippen molar-refractivity contribution in [1.29, 1.82) is 0 Å². The monoisotopic (exact) mass is 688 g/mol. The summed E-state index contributed by atoms with van der Waals surface area (Å²) in [4.78, 5) is 1.81. The van der Waals surface area contributed by atoms with Crippen molar-refractivity contribution in [2.75, 3.05) is 17.2 Å². The predicted molar refractivity (Wildman–Crippen MR) is 178 cm³/mol. The molecule has 1 unspecified atom stereocenters. The van der Waals surface area contributed by atoms with Crippen LogP contribution in [0.25, 0.3) is 27.4 Å².